The van der Waals surface area contributed by atoms with Crippen molar-refractivity contribution in [2.45, 2.75) is 32.9 Å². The van der Waals surface area contributed by atoms with Crippen molar-refractivity contribution in [3.63, 3.8) is 0 Å². The summed E-state index contributed by atoms with van der Waals surface area (Å²) in [6.07, 6.45) is 0.201. The summed E-state index contributed by atoms with van der Waals surface area (Å²) >= 11 is 3.49. The Morgan fingerprint density at radius 1 is 0.952 bits per heavy atom. The monoisotopic (exact) mass is 347 g/mol. The first kappa shape index (κ1) is 16.1. The Bertz CT molecular complexity index is 548. The molecular formula is C18H22BrNO. The Balaban J connectivity index is 2.23. The van der Waals surface area contributed by atoms with Crippen LogP contribution in [0.3, 0.4) is 0 Å². The fourth-order valence-electron chi connectivity index (χ4n) is 2.30. The Kier molecular flexibility index (Phi) is 5.83. The average molecular weight is 348 g/mol. The van der Waals surface area contributed by atoms with Gasteiger partial charge in [0.05, 0.1) is 12.1 Å². The summed E-state index contributed by atoms with van der Waals surface area (Å²) in [7, 11) is 0. The summed E-state index contributed by atoms with van der Waals surface area (Å²) in [5.41, 5.74) is 2.51. The molecule has 2 aromatic carbocycles. The average Bonchev–Trinajstić information content (AvgIpc) is 2.46. The summed E-state index contributed by atoms with van der Waals surface area (Å²) in [6.45, 7) is 7.13. The first-order valence-corrected chi connectivity index (χ1v) is 8.15. The van der Waals surface area contributed by atoms with Crippen LogP contribution >= 0.6 is 15.9 Å². The van der Waals surface area contributed by atoms with Crippen LogP contribution in [0.15, 0.2) is 53.0 Å². The van der Waals surface area contributed by atoms with Crippen LogP contribution in [0.5, 0.6) is 5.75 Å². The van der Waals surface area contributed by atoms with Gasteiger partial charge in [-0.3, -0.25) is 0 Å². The van der Waals surface area contributed by atoms with Crippen molar-refractivity contribution in [2.24, 2.45) is 0 Å². The lowest BCUT2D eigenvalue weighted by atomic mass is 9.98. The third kappa shape index (κ3) is 4.58. The molecule has 0 aliphatic rings. The number of ether oxygens (including phenoxy) is 1. The third-order valence-corrected chi connectivity index (χ3v) is 3.73. The molecule has 0 heterocycles. The molecule has 0 aliphatic carbocycles. The second kappa shape index (κ2) is 7.62. The maximum atomic E-state index is 5.70. The summed E-state index contributed by atoms with van der Waals surface area (Å²) in [5.74, 6) is 0.916. The van der Waals surface area contributed by atoms with Crippen LogP contribution in [0.1, 0.15) is 37.9 Å². The minimum Gasteiger partial charge on any atom is -0.491 e. The van der Waals surface area contributed by atoms with E-state index < -0.39 is 0 Å². The fraction of sp³-hybridized carbons (Fsp3) is 0.333. The van der Waals surface area contributed by atoms with Crippen molar-refractivity contribution in [1.29, 1.82) is 0 Å². The van der Waals surface area contributed by atoms with Crippen LogP contribution in [-0.4, -0.2) is 12.6 Å². The standard InChI is InChI=1S/C18H22BrNO/c1-4-20-18(14-5-9-16(19)10-6-14)15-7-11-17(12-8-15)21-13(2)3/h5-13,18,20H,4H2,1-3H3. The highest BCUT2D eigenvalue weighted by Gasteiger charge is 2.13. The van der Waals surface area contributed by atoms with E-state index in [0.29, 0.717) is 0 Å². The number of hydrogen-bond donors (Lipinski definition) is 1. The zero-order chi connectivity index (χ0) is 15.2. The Morgan fingerprint density at radius 3 is 1.95 bits per heavy atom. The molecule has 1 atom stereocenters. The Morgan fingerprint density at radius 2 is 1.48 bits per heavy atom. The van der Waals surface area contributed by atoms with Crippen molar-refractivity contribution in [3.05, 3.63) is 64.1 Å². The molecule has 0 bridgehead atoms. The van der Waals surface area contributed by atoms with E-state index in [4.69, 9.17) is 4.74 Å². The summed E-state index contributed by atoms with van der Waals surface area (Å²) < 4.78 is 6.80. The second-order valence-corrected chi connectivity index (χ2v) is 6.19. The summed E-state index contributed by atoms with van der Waals surface area (Å²) in [5, 5.41) is 3.54. The molecule has 21 heavy (non-hydrogen) atoms. The molecular weight excluding hydrogens is 326 g/mol. The lowest BCUT2D eigenvalue weighted by molar-refractivity contribution is 0.242. The van der Waals surface area contributed by atoms with E-state index in [0.717, 1.165) is 16.8 Å². The molecule has 2 nitrogen and oxygen atoms in total. The van der Waals surface area contributed by atoms with Gasteiger partial charge in [0.25, 0.3) is 0 Å². The molecule has 2 rings (SSSR count). The largest absolute Gasteiger partial charge is 0.491 e. The Hall–Kier alpha value is -1.32. The zero-order valence-corrected chi connectivity index (χ0v) is 14.4. The molecule has 1 unspecified atom stereocenters. The van der Waals surface area contributed by atoms with Gasteiger partial charge in [0, 0.05) is 4.47 Å². The van der Waals surface area contributed by atoms with Crippen molar-refractivity contribution >= 4 is 15.9 Å². The zero-order valence-electron chi connectivity index (χ0n) is 12.8. The van der Waals surface area contributed by atoms with E-state index in [2.05, 4.69) is 64.6 Å². The van der Waals surface area contributed by atoms with Gasteiger partial charge in [0.1, 0.15) is 5.75 Å². The number of hydrogen-bond acceptors (Lipinski definition) is 2. The summed E-state index contributed by atoms with van der Waals surface area (Å²) in [4.78, 5) is 0. The van der Waals surface area contributed by atoms with Gasteiger partial charge >= 0.3 is 0 Å². The predicted molar refractivity (Wildman–Crippen MR) is 91.9 cm³/mol. The van der Waals surface area contributed by atoms with Gasteiger partial charge in [-0.25, -0.2) is 0 Å². The molecule has 0 saturated carbocycles. The number of rotatable bonds is 6. The molecule has 1 N–H and O–H groups in total. The summed E-state index contributed by atoms with van der Waals surface area (Å²) in [6, 6.07) is 17.0. The van der Waals surface area contributed by atoms with Gasteiger partial charge < -0.3 is 10.1 Å². The smallest absolute Gasteiger partial charge is 0.119 e. The van der Waals surface area contributed by atoms with Crippen molar-refractivity contribution in [2.75, 3.05) is 6.54 Å². The van der Waals surface area contributed by atoms with Crippen LogP contribution in [0.25, 0.3) is 0 Å². The number of nitrogens with one attached hydrogen (secondary N) is 1. The van der Waals surface area contributed by atoms with Gasteiger partial charge in [-0.05, 0) is 55.8 Å². The van der Waals surface area contributed by atoms with Crippen LogP contribution in [0, 0.1) is 0 Å². The van der Waals surface area contributed by atoms with Crippen molar-refractivity contribution in [3.8, 4) is 5.75 Å². The fourth-order valence-corrected chi connectivity index (χ4v) is 2.56. The highest BCUT2D eigenvalue weighted by Crippen LogP contribution is 2.25. The molecule has 0 spiro atoms. The van der Waals surface area contributed by atoms with Gasteiger partial charge in [0.15, 0.2) is 0 Å². The van der Waals surface area contributed by atoms with Gasteiger partial charge in [0.2, 0.25) is 0 Å². The molecule has 0 saturated heterocycles. The van der Waals surface area contributed by atoms with Crippen LogP contribution in [-0.2, 0) is 0 Å². The Labute approximate surface area is 135 Å². The van der Waals surface area contributed by atoms with Crippen molar-refractivity contribution < 1.29 is 4.74 Å². The molecule has 2 aromatic rings. The lowest BCUT2D eigenvalue weighted by Gasteiger charge is -2.20. The lowest BCUT2D eigenvalue weighted by Crippen LogP contribution is -2.21. The number of benzene rings is 2. The van der Waals surface area contributed by atoms with Gasteiger partial charge in [-0.1, -0.05) is 47.1 Å². The topological polar surface area (TPSA) is 21.3 Å². The van der Waals surface area contributed by atoms with E-state index in [9.17, 15) is 0 Å². The molecule has 0 aliphatic heterocycles. The first-order chi connectivity index (χ1) is 10.1. The second-order valence-electron chi connectivity index (χ2n) is 5.28. The minimum atomic E-state index is 0.201. The van der Waals surface area contributed by atoms with Crippen LogP contribution < -0.4 is 10.1 Å². The van der Waals surface area contributed by atoms with E-state index >= 15 is 0 Å². The first-order valence-electron chi connectivity index (χ1n) is 7.35. The van der Waals surface area contributed by atoms with Crippen LogP contribution in [0.4, 0.5) is 0 Å². The number of halogens is 1. The highest BCUT2D eigenvalue weighted by atomic mass is 79.9. The van der Waals surface area contributed by atoms with Gasteiger partial charge in [-0.15, -0.1) is 0 Å². The minimum absolute atomic E-state index is 0.201. The molecule has 0 amide bonds. The van der Waals surface area contributed by atoms with E-state index in [1.54, 1.807) is 0 Å². The molecule has 0 aromatic heterocycles. The molecule has 0 fully saturated rings. The molecule has 112 valence electrons. The maximum absolute atomic E-state index is 5.70. The predicted octanol–water partition coefficient (Wildman–Crippen LogP) is 4.94. The quantitative estimate of drug-likeness (QED) is 0.799. The van der Waals surface area contributed by atoms with Gasteiger partial charge in [-0.2, -0.15) is 0 Å². The van der Waals surface area contributed by atoms with Crippen molar-refractivity contribution in [1.82, 2.24) is 5.32 Å². The van der Waals surface area contributed by atoms with E-state index in [1.807, 2.05) is 26.0 Å². The SMILES string of the molecule is CCNC(c1ccc(Br)cc1)c1ccc(OC(C)C)cc1. The third-order valence-electron chi connectivity index (χ3n) is 3.20. The normalized spacial score (nSPS) is 12.4. The van der Waals surface area contributed by atoms with Crippen LogP contribution in [0.2, 0.25) is 0 Å². The maximum Gasteiger partial charge on any atom is 0.119 e. The van der Waals surface area contributed by atoms with E-state index in [-0.39, 0.29) is 12.1 Å². The highest BCUT2D eigenvalue weighted by molar-refractivity contribution is 9.10. The molecule has 0 radical (unpaired) electrons. The van der Waals surface area contributed by atoms with E-state index in [1.165, 1.54) is 11.1 Å². The molecule has 3 heteroatoms.